The first kappa shape index (κ1) is 13.0. The van der Waals surface area contributed by atoms with Crippen LogP contribution in [0.2, 0.25) is 0 Å². The number of nitrogens with one attached hydrogen (secondary N) is 2. The molecule has 1 aromatic rings. The second-order valence-corrected chi connectivity index (χ2v) is 5.29. The van der Waals surface area contributed by atoms with Gasteiger partial charge in [-0.3, -0.25) is 14.6 Å². The summed E-state index contributed by atoms with van der Waals surface area (Å²) in [4.78, 5) is 27.4. The normalized spacial score (nSPS) is 15.9. The van der Waals surface area contributed by atoms with E-state index < -0.39 is 6.04 Å². The van der Waals surface area contributed by atoms with Crippen LogP contribution < -0.4 is 10.6 Å². The fourth-order valence-electron chi connectivity index (χ4n) is 1.44. The van der Waals surface area contributed by atoms with Crippen molar-refractivity contribution >= 4 is 27.7 Å². The molecular weight excluding hydrogens is 298 g/mol. The van der Waals surface area contributed by atoms with Crippen LogP contribution in [0, 0.1) is 0 Å². The highest BCUT2D eigenvalue weighted by Gasteiger charge is 2.26. The van der Waals surface area contributed by atoms with Crippen LogP contribution in [0.3, 0.4) is 0 Å². The summed E-state index contributed by atoms with van der Waals surface area (Å²) in [6, 6.07) is 1.41. The number of rotatable bonds is 4. The number of aromatic nitrogens is 1. The van der Waals surface area contributed by atoms with Gasteiger partial charge in [0.1, 0.15) is 6.04 Å². The Balaban J connectivity index is 1.91. The van der Waals surface area contributed by atoms with E-state index in [4.69, 9.17) is 0 Å². The minimum absolute atomic E-state index is 0.145. The van der Waals surface area contributed by atoms with Crippen molar-refractivity contribution in [3.8, 4) is 0 Å². The number of hydrogen-bond acceptors (Lipinski definition) is 3. The van der Waals surface area contributed by atoms with E-state index in [0.717, 1.165) is 17.3 Å². The van der Waals surface area contributed by atoms with E-state index in [9.17, 15) is 9.59 Å². The summed E-state index contributed by atoms with van der Waals surface area (Å²) in [5.41, 5.74) is 0.426. The molecule has 1 heterocycles. The zero-order valence-corrected chi connectivity index (χ0v) is 11.5. The minimum Gasteiger partial charge on any atom is -0.352 e. The van der Waals surface area contributed by atoms with Gasteiger partial charge in [0, 0.05) is 22.9 Å². The zero-order valence-electron chi connectivity index (χ0n) is 9.94. The van der Waals surface area contributed by atoms with Crippen molar-refractivity contribution < 1.29 is 9.59 Å². The highest BCUT2D eigenvalue weighted by atomic mass is 79.9. The summed E-state index contributed by atoms with van der Waals surface area (Å²) in [5.74, 6) is -0.448. The molecule has 1 unspecified atom stereocenters. The number of nitrogens with zero attached hydrogens (tertiary/aromatic N) is 1. The van der Waals surface area contributed by atoms with E-state index in [1.165, 1.54) is 6.20 Å². The summed E-state index contributed by atoms with van der Waals surface area (Å²) in [5, 5.41) is 5.49. The van der Waals surface area contributed by atoms with E-state index in [1.54, 1.807) is 19.2 Å². The molecular formula is C12H14BrN3O2. The lowest BCUT2D eigenvalue weighted by Crippen LogP contribution is -2.45. The van der Waals surface area contributed by atoms with Gasteiger partial charge in [0.2, 0.25) is 5.91 Å². The Morgan fingerprint density at radius 2 is 2.17 bits per heavy atom. The summed E-state index contributed by atoms with van der Waals surface area (Å²) in [7, 11) is 0. The van der Waals surface area contributed by atoms with Crippen molar-refractivity contribution in [2.75, 3.05) is 0 Å². The molecule has 5 nitrogen and oxygen atoms in total. The molecule has 1 aliphatic rings. The average Bonchev–Trinajstić information content (AvgIpc) is 3.12. The molecule has 0 spiro atoms. The highest BCUT2D eigenvalue weighted by Crippen LogP contribution is 2.18. The van der Waals surface area contributed by atoms with Gasteiger partial charge in [0.05, 0.1) is 5.56 Å². The third kappa shape index (κ3) is 3.53. The fraction of sp³-hybridized carbons (Fsp3) is 0.417. The Bertz CT molecular complexity index is 474. The molecule has 0 saturated heterocycles. The SMILES string of the molecule is CC(NC(=O)c1cncc(Br)c1)C(=O)NC1CC1. The van der Waals surface area contributed by atoms with Crippen LogP contribution >= 0.6 is 15.9 Å². The summed E-state index contributed by atoms with van der Waals surface area (Å²) in [6.45, 7) is 1.67. The summed E-state index contributed by atoms with van der Waals surface area (Å²) < 4.78 is 0.727. The van der Waals surface area contributed by atoms with E-state index in [-0.39, 0.29) is 11.8 Å². The Kier molecular flexibility index (Phi) is 3.96. The van der Waals surface area contributed by atoms with Gasteiger partial charge in [-0.1, -0.05) is 0 Å². The highest BCUT2D eigenvalue weighted by molar-refractivity contribution is 9.10. The molecule has 1 aliphatic carbocycles. The molecule has 1 atom stereocenters. The fourth-order valence-corrected chi connectivity index (χ4v) is 1.80. The van der Waals surface area contributed by atoms with Crippen LogP contribution in [-0.4, -0.2) is 28.9 Å². The molecule has 96 valence electrons. The van der Waals surface area contributed by atoms with Crippen molar-refractivity contribution in [3.63, 3.8) is 0 Å². The maximum atomic E-state index is 11.9. The molecule has 0 radical (unpaired) electrons. The number of hydrogen-bond donors (Lipinski definition) is 2. The Morgan fingerprint density at radius 3 is 2.78 bits per heavy atom. The van der Waals surface area contributed by atoms with Crippen LogP contribution in [0.15, 0.2) is 22.9 Å². The molecule has 1 saturated carbocycles. The lowest BCUT2D eigenvalue weighted by atomic mass is 10.2. The van der Waals surface area contributed by atoms with Gasteiger partial charge in [-0.15, -0.1) is 0 Å². The van der Waals surface area contributed by atoms with E-state index in [0.29, 0.717) is 11.6 Å². The van der Waals surface area contributed by atoms with Crippen molar-refractivity contribution in [2.45, 2.75) is 31.8 Å². The first-order valence-electron chi connectivity index (χ1n) is 5.78. The second-order valence-electron chi connectivity index (χ2n) is 4.37. The van der Waals surface area contributed by atoms with Crippen molar-refractivity contribution in [2.24, 2.45) is 0 Å². The van der Waals surface area contributed by atoms with E-state index in [2.05, 4.69) is 31.5 Å². The van der Waals surface area contributed by atoms with E-state index in [1.807, 2.05) is 0 Å². The maximum Gasteiger partial charge on any atom is 0.253 e. The van der Waals surface area contributed by atoms with Crippen LogP contribution in [0.4, 0.5) is 0 Å². The second kappa shape index (κ2) is 5.48. The monoisotopic (exact) mass is 311 g/mol. The Hall–Kier alpha value is -1.43. The van der Waals surface area contributed by atoms with Crippen LogP contribution in [-0.2, 0) is 4.79 Å². The molecule has 0 aliphatic heterocycles. The van der Waals surface area contributed by atoms with E-state index >= 15 is 0 Å². The number of amides is 2. The van der Waals surface area contributed by atoms with Gasteiger partial charge in [-0.05, 0) is 41.8 Å². The predicted molar refractivity (Wildman–Crippen MR) is 70.0 cm³/mol. The van der Waals surface area contributed by atoms with Crippen LogP contribution in [0.25, 0.3) is 0 Å². The topological polar surface area (TPSA) is 71.1 Å². The molecule has 18 heavy (non-hydrogen) atoms. The van der Waals surface area contributed by atoms with Crippen LogP contribution in [0.5, 0.6) is 0 Å². The molecule has 2 amide bonds. The largest absolute Gasteiger partial charge is 0.352 e. The molecule has 2 rings (SSSR count). The van der Waals surface area contributed by atoms with Gasteiger partial charge in [-0.2, -0.15) is 0 Å². The zero-order chi connectivity index (χ0) is 13.1. The predicted octanol–water partition coefficient (Wildman–Crippen LogP) is 1.24. The molecule has 1 fully saturated rings. The third-order valence-electron chi connectivity index (χ3n) is 2.63. The van der Waals surface area contributed by atoms with Crippen molar-refractivity contribution in [3.05, 3.63) is 28.5 Å². The average molecular weight is 312 g/mol. The molecule has 0 aromatic carbocycles. The lowest BCUT2D eigenvalue weighted by molar-refractivity contribution is -0.122. The summed E-state index contributed by atoms with van der Waals surface area (Å²) in [6.07, 6.45) is 5.12. The number of carbonyl (C=O) groups excluding carboxylic acids is 2. The van der Waals surface area contributed by atoms with Crippen molar-refractivity contribution in [1.82, 2.24) is 15.6 Å². The number of carbonyl (C=O) groups is 2. The lowest BCUT2D eigenvalue weighted by Gasteiger charge is -2.13. The minimum atomic E-state index is -0.544. The number of pyridine rings is 1. The first-order valence-corrected chi connectivity index (χ1v) is 6.57. The maximum absolute atomic E-state index is 11.9. The Morgan fingerprint density at radius 1 is 1.44 bits per heavy atom. The van der Waals surface area contributed by atoms with Gasteiger partial charge in [-0.25, -0.2) is 0 Å². The quantitative estimate of drug-likeness (QED) is 0.879. The molecule has 2 N–H and O–H groups in total. The van der Waals surface area contributed by atoms with Crippen LogP contribution in [0.1, 0.15) is 30.1 Å². The molecule has 6 heteroatoms. The van der Waals surface area contributed by atoms with Gasteiger partial charge >= 0.3 is 0 Å². The van der Waals surface area contributed by atoms with Crippen molar-refractivity contribution in [1.29, 1.82) is 0 Å². The Labute approximate surface area is 113 Å². The summed E-state index contributed by atoms with van der Waals surface area (Å²) >= 11 is 3.24. The smallest absolute Gasteiger partial charge is 0.253 e. The van der Waals surface area contributed by atoms with Gasteiger partial charge in [0.25, 0.3) is 5.91 Å². The van der Waals surface area contributed by atoms with Gasteiger partial charge in [0.15, 0.2) is 0 Å². The first-order chi connectivity index (χ1) is 8.56. The third-order valence-corrected chi connectivity index (χ3v) is 3.07. The standard InChI is InChI=1S/C12H14BrN3O2/c1-7(11(17)16-10-2-3-10)15-12(18)8-4-9(13)6-14-5-8/h4-7,10H,2-3H2,1H3,(H,15,18)(H,16,17). The van der Waals surface area contributed by atoms with Gasteiger partial charge < -0.3 is 10.6 Å². The number of halogens is 1. The molecule has 0 bridgehead atoms. The molecule has 1 aromatic heterocycles.